The summed E-state index contributed by atoms with van der Waals surface area (Å²) in [7, 11) is 1.69. The Kier molecular flexibility index (Phi) is 11.0. The molecule has 0 amide bonds. The second kappa shape index (κ2) is 15.7. The summed E-state index contributed by atoms with van der Waals surface area (Å²) in [5.41, 5.74) is 2.46. The molecular formula is C32H42ClN9O4. The van der Waals surface area contributed by atoms with Crippen LogP contribution in [0.2, 0.25) is 5.02 Å². The Labute approximate surface area is 274 Å². The maximum Gasteiger partial charge on any atom is 0.256 e. The van der Waals surface area contributed by atoms with Gasteiger partial charge in [-0.25, -0.2) is 19.6 Å². The average molecular weight is 652 g/mol. The number of hydrogen-bond donors (Lipinski definition) is 1. The number of nitrogens with one attached hydrogen (secondary N) is 1. The normalized spacial score (nSPS) is 19.5. The largest absolute Gasteiger partial charge is 0.487 e. The first-order chi connectivity index (χ1) is 22.6. The highest BCUT2D eigenvalue weighted by molar-refractivity contribution is 6.32. The summed E-state index contributed by atoms with van der Waals surface area (Å²) >= 11 is 6.46. The number of ether oxygens (including phenoxy) is 4. The lowest BCUT2D eigenvalue weighted by Crippen LogP contribution is -2.45. The molecular weight excluding hydrogens is 610 g/mol. The second-order valence-electron chi connectivity index (χ2n) is 11.7. The van der Waals surface area contributed by atoms with Gasteiger partial charge in [0.2, 0.25) is 5.95 Å². The van der Waals surface area contributed by atoms with Crippen molar-refractivity contribution in [2.24, 2.45) is 0 Å². The zero-order chi connectivity index (χ0) is 31.7. The number of nitrogens with zero attached hydrogens (tertiary/aromatic N) is 8. The molecule has 0 unspecified atom stereocenters. The molecule has 4 aromatic rings. The standard InChI is InChI=1S/C32H42ClN9O4/c1-23(19-41-22-34-21-37-41)46-30-16-24(4-9-28(30)33)25-17-35-32(36-18-25)38-29-20-42(39-31(29)45-13-3-12-43-2)27-7-5-26(6-8-27)40-10-14-44-15-11-40/h4,9,16-18,20-23,26-27H,3,5-8,10-15,19H2,1-2H3,(H,35,36,38)/t23-,26?,27?/m0/s1. The van der Waals surface area contributed by atoms with Crippen molar-refractivity contribution >= 4 is 23.2 Å². The van der Waals surface area contributed by atoms with Crippen molar-refractivity contribution < 1.29 is 18.9 Å². The van der Waals surface area contributed by atoms with E-state index in [0.717, 1.165) is 75.2 Å². The number of aromatic nitrogens is 7. The van der Waals surface area contributed by atoms with Crippen LogP contribution in [0.3, 0.4) is 0 Å². The van der Waals surface area contributed by atoms with Gasteiger partial charge in [0.1, 0.15) is 30.2 Å². The smallest absolute Gasteiger partial charge is 0.256 e. The first-order valence-electron chi connectivity index (χ1n) is 16.0. The fourth-order valence-electron chi connectivity index (χ4n) is 6.04. The predicted molar refractivity (Wildman–Crippen MR) is 174 cm³/mol. The molecule has 46 heavy (non-hydrogen) atoms. The van der Waals surface area contributed by atoms with E-state index >= 15 is 0 Å². The quantitative estimate of drug-likeness (QED) is 0.185. The topological polar surface area (TPSA) is 127 Å². The fourth-order valence-corrected chi connectivity index (χ4v) is 6.20. The van der Waals surface area contributed by atoms with E-state index in [1.165, 1.54) is 6.33 Å². The molecule has 14 heteroatoms. The Hall–Kier alpha value is -3.78. The summed E-state index contributed by atoms with van der Waals surface area (Å²) in [6.45, 7) is 7.36. The molecule has 1 aliphatic heterocycles. The third-order valence-electron chi connectivity index (χ3n) is 8.43. The van der Waals surface area contributed by atoms with E-state index in [-0.39, 0.29) is 6.10 Å². The van der Waals surface area contributed by atoms with Gasteiger partial charge in [0.15, 0.2) is 0 Å². The van der Waals surface area contributed by atoms with Crippen molar-refractivity contribution in [2.75, 3.05) is 51.9 Å². The number of anilines is 2. The SMILES string of the molecule is COCCCOc1nn(C2CCC(N3CCOCC3)CC2)cc1Nc1ncc(-c2ccc(Cl)c(O[C@@H](C)Cn3cncn3)c2)cn1. The minimum absolute atomic E-state index is 0.163. The van der Waals surface area contributed by atoms with Gasteiger partial charge < -0.3 is 24.3 Å². The highest BCUT2D eigenvalue weighted by Gasteiger charge is 2.29. The highest BCUT2D eigenvalue weighted by atomic mass is 35.5. The third kappa shape index (κ3) is 8.32. The van der Waals surface area contributed by atoms with Gasteiger partial charge in [0.05, 0.1) is 43.6 Å². The Balaban J connectivity index is 1.12. The van der Waals surface area contributed by atoms with Crippen LogP contribution in [0, 0.1) is 0 Å². The molecule has 0 spiro atoms. The maximum absolute atomic E-state index is 6.46. The maximum atomic E-state index is 6.46. The van der Waals surface area contributed by atoms with Crippen LogP contribution in [-0.4, -0.2) is 98.2 Å². The van der Waals surface area contributed by atoms with E-state index in [9.17, 15) is 0 Å². The second-order valence-corrected chi connectivity index (χ2v) is 12.2. The van der Waals surface area contributed by atoms with Gasteiger partial charge in [-0.05, 0) is 50.3 Å². The van der Waals surface area contributed by atoms with Crippen molar-refractivity contribution in [3.8, 4) is 22.8 Å². The number of halogens is 1. The van der Waals surface area contributed by atoms with Crippen LogP contribution in [0.5, 0.6) is 11.6 Å². The summed E-state index contributed by atoms with van der Waals surface area (Å²) in [6, 6.07) is 6.58. The molecule has 6 rings (SSSR count). The Morgan fingerprint density at radius 1 is 1.04 bits per heavy atom. The van der Waals surface area contributed by atoms with Crippen LogP contribution in [0.15, 0.2) is 49.4 Å². The monoisotopic (exact) mass is 651 g/mol. The van der Waals surface area contributed by atoms with Crippen LogP contribution >= 0.6 is 11.6 Å². The zero-order valence-corrected chi connectivity index (χ0v) is 27.2. The molecule has 1 saturated carbocycles. The van der Waals surface area contributed by atoms with Crippen molar-refractivity contribution in [1.82, 2.24) is 39.4 Å². The average Bonchev–Trinajstić information content (AvgIpc) is 3.75. The number of benzene rings is 1. The summed E-state index contributed by atoms with van der Waals surface area (Å²) < 4.78 is 26.7. The number of rotatable bonds is 14. The van der Waals surface area contributed by atoms with Crippen LogP contribution in [-0.2, 0) is 16.0 Å². The number of morpholine rings is 1. The molecule has 246 valence electrons. The molecule has 1 aromatic carbocycles. The summed E-state index contributed by atoms with van der Waals surface area (Å²) in [5, 5.41) is 12.9. The number of methoxy groups -OCH3 is 1. The van der Waals surface area contributed by atoms with Crippen molar-refractivity contribution in [2.45, 2.75) is 63.8 Å². The minimum Gasteiger partial charge on any atom is -0.487 e. The predicted octanol–water partition coefficient (Wildman–Crippen LogP) is 5.03. The van der Waals surface area contributed by atoms with Crippen LogP contribution in [0.25, 0.3) is 11.1 Å². The van der Waals surface area contributed by atoms with Gasteiger partial charge in [0, 0.05) is 57.2 Å². The molecule has 1 saturated heterocycles. The molecule has 4 heterocycles. The lowest BCUT2D eigenvalue weighted by atomic mass is 9.90. The molecule has 3 aromatic heterocycles. The van der Waals surface area contributed by atoms with Crippen molar-refractivity contribution in [3.05, 3.63) is 54.5 Å². The van der Waals surface area contributed by atoms with Crippen LogP contribution < -0.4 is 14.8 Å². The molecule has 2 fully saturated rings. The van der Waals surface area contributed by atoms with E-state index in [1.54, 1.807) is 30.5 Å². The fraction of sp³-hybridized carbons (Fsp3) is 0.531. The first kappa shape index (κ1) is 32.2. The summed E-state index contributed by atoms with van der Waals surface area (Å²) in [4.78, 5) is 15.8. The van der Waals surface area contributed by atoms with Crippen LogP contribution in [0.1, 0.15) is 45.1 Å². The molecule has 13 nitrogen and oxygen atoms in total. The molecule has 2 aliphatic rings. The molecule has 0 bridgehead atoms. The lowest BCUT2D eigenvalue weighted by molar-refractivity contribution is 0.00503. The molecule has 1 N–H and O–H groups in total. The van der Waals surface area contributed by atoms with E-state index in [2.05, 4.69) is 34.9 Å². The van der Waals surface area contributed by atoms with E-state index in [1.807, 2.05) is 31.3 Å². The van der Waals surface area contributed by atoms with Gasteiger partial charge in [0.25, 0.3) is 5.88 Å². The van der Waals surface area contributed by atoms with Gasteiger partial charge in [-0.2, -0.15) is 5.10 Å². The molecule has 0 radical (unpaired) electrons. The van der Waals surface area contributed by atoms with Gasteiger partial charge in [-0.3, -0.25) is 9.58 Å². The van der Waals surface area contributed by atoms with Gasteiger partial charge in [-0.1, -0.05) is 17.7 Å². The summed E-state index contributed by atoms with van der Waals surface area (Å²) in [5.74, 6) is 1.57. The van der Waals surface area contributed by atoms with E-state index in [0.29, 0.717) is 54.4 Å². The highest BCUT2D eigenvalue weighted by Crippen LogP contribution is 2.35. The van der Waals surface area contributed by atoms with E-state index in [4.69, 9.17) is 35.6 Å². The lowest BCUT2D eigenvalue weighted by Gasteiger charge is -2.38. The summed E-state index contributed by atoms with van der Waals surface area (Å²) in [6.07, 6.45) is 13.8. The van der Waals surface area contributed by atoms with Crippen LogP contribution in [0.4, 0.5) is 11.6 Å². The molecule has 1 atom stereocenters. The first-order valence-corrected chi connectivity index (χ1v) is 16.3. The van der Waals surface area contributed by atoms with E-state index < -0.39 is 0 Å². The Morgan fingerprint density at radius 3 is 2.57 bits per heavy atom. The Morgan fingerprint density at radius 2 is 1.83 bits per heavy atom. The molecule has 1 aliphatic carbocycles. The Bertz CT molecular complexity index is 1500. The minimum atomic E-state index is -0.163. The third-order valence-corrected chi connectivity index (χ3v) is 8.75. The van der Waals surface area contributed by atoms with Crippen molar-refractivity contribution in [3.63, 3.8) is 0 Å². The van der Waals surface area contributed by atoms with Gasteiger partial charge >= 0.3 is 0 Å². The van der Waals surface area contributed by atoms with Crippen molar-refractivity contribution in [1.29, 1.82) is 0 Å². The zero-order valence-electron chi connectivity index (χ0n) is 26.4. The van der Waals surface area contributed by atoms with Gasteiger partial charge in [-0.15, -0.1) is 5.10 Å². The number of hydrogen-bond acceptors (Lipinski definition) is 11.